The smallest absolute Gasteiger partial charge is 0.251 e. The maximum Gasteiger partial charge on any atom is 0.251 e. The molecule has 2 aromatic carbocycles. The molecule has 1 heterocycles. The molecule has 0 unspecified atom stereocenters. The minimum atomic E-state index is -0.118. The van der Waals surface area contributed by atoms with Crippen LogP contribution in [0.2, 0.25) is 0 Å². The molecule has 0 saturated carbocycles. The summed E-state index contributed by atoms with van der Waals surface area (Å²) >= 11 is 0. The van der Waals surface area contributed by atoms with Gasteiger partial charge in [-0.15, -0.1) is 0 Å². The minimum Gasteiger partial charge on any atom is -0.310 e. The number of nitrogens with zero attached hydrogens (tertiary/aromatic N) is 1. The van der Waals surface area contributed by atoms with Crippen LogP contribution in [0.3, 0.4) is 0 Å². The van der Waals surface area contributed by atoms with E-state index in [1.165, 1.54) is 17.2 Å². The zero-order chi connectivity index (χ0) is 14.7. The highest BCUT2D eigenvalue weighted by atomic mass is 16.1. The Morgan fingerprint density at radius 3 is 2.48 bits per heavy atom. The van der Waals surface area contributed by atoms with E-state index < -0.39 is 0 Å². The number of benzene rings is 2. The standard InChI is InChI=1S/C18H16N2O/c1-13-7-5-6-10-15(13)11-17-19-16(12-18(21)20-17)14-8-3-2-4-9-14/h2-10,12H,11H2,1H3,(H,19,20,21). The van der Waals surface area contributed by atoms with Crippen molar-refractivity contribution in [1.82, 2.24) is 9.97 Å². The Labute approximate surface area is 123 Å². The quantitative estimate of drug-likeness (QED) is 0.797. The third kappa shape index (κ3) is 3.08. The molecule has 0 fully saturated rings. The Bertz CT molecular complexity index is 807. The van der Waals surface area contributed by atoms with E-state index in [-0.39, 0.29) is 5.56 Å². The molecule has 0 bridgehead atoms. The molecule has 0 saturated heterocycles. The van der Waals surface area contributed by atoms with Crippen molar-refractivity contribution < 1.29 is 0 Å². The Morgan fingerprint density at radius 2 is 1.71 bits per heavy atom. The summed E-state index contributed by atoms with van der Waals surface area (Å²) in [6, 6.07) is 19.4. The van der Waals surface area contributed by atoms with Crippen LogP contribution in [0.15, 0.2) is 65.5 Å². The molecule has 0 aliphatic carbocycles. The second kappa shape index (κ2) is 5.75. The highest BCUT2D eigenvalue weighted by molar-refractivity contribution is 5.58. The summed E-state index contributed by atoms with van der Waals surface area (Å²) in [6.45, 7) is 2.06. The molecule has 21 heavy (non-hydrogen) atoms. The number of aryl methyl sites for hydroxylation is 1. The third-order valence-corrected chi connectivity index (χ3v) is 3.48. The normalized spacial score (nSPS) is 10.5. The van der Waals surface area contributed by atoms with Gasteiger partial charge in [-0.05, 0) is 18.1 Å². The predicted octanol–water partition coefficient (Wildman–Crippen LogP) is 3.34. The number of hydrogen-bond donors (Lipinski definition) is 1. The number of rotatable bonds is 3. The molecule has 3 aromatic rings. The van der Waals surface area contributed by atoms with Crippen LogP contribution in [-0.2, 0) is 6.42 Å². The summed E-state index contributed by atoms with van der Waals surface area (Å²) in [5.74, 6) is 0.690. The highest BCUT2D eigenvalue weighted by Crippen LogP contribution is 2.16. The highest BCUT2D eigenvalue weighted by Gasteiger charge is 2.06. The Kier molecular flexibility index (Phi) is 3.65. The Hall–Kier alpha value is -2.68. The lowest BCUT2D eigenvalue weighted by atomic mass is 10.1. The summed E-state index contributed by atoms with van der Waals surface area (Å²) in [7, 11) is 0. The average Bonchev–Trinajstić information content (AvgIpc) is 2.50. The number of aromatic amines is 1. The van der Waals surface area contributed by atoms with E-state index in [2.05, 4.69) is 29.0 Å². The molecule has 0 aliphatic rings. The van der Waals surface area contributed by atoms with Crippen molar-refractivity contribution >= 4 is 0 Å². The van der Waals surface area contributed by atoms with Gasteiger partial charge in [0.05, 0.1) is 5.69 Å². The maximum atomic E-state index is 11.9. The predicted molar refractivity (Wildman–Crippen MR) is 84.3 cm³/mol. The molecule has 0 atom stereocenters. The van der Waals surface area contributed by atoms with E-state index >= 15 is 0 Å². The first kappa shape index (κ1) is 13.3. The van der Waals surface area contributed by atoms with Crippen LogP contribution in [0.25, 0.3) is 11.3 Å². The lowest BCUT2D eigenvalue weighted by molar-refractivity contribution is 0.944. The van der Waals surface area contributed by atoms with Gasteiger partial charge in [0, 0.05) is 18.1 Å². The van der Waals surface area contributed by atoms with Crippen molar-refractivity contribution in [3.63, 3.8) is 0 Å². The zero-order valence-corrected chi connectivity index (χ0v) is 11.8. The fraction of sp³-hybridized carbons (Fsp3) is 0.111. The van der Waals surface area contributed by atoms with Crippen LogP contribution in [0, 0.1) is 6.92 Å². The van der Waals surface area contributed by atoms with E-state index in [0.29, 0.717) is 17.9 Å². The molecule has 0 spiro atoms. The molecule has 3 heteroatoms. The SMILES string of the molecule is Cc1ccccc1Cc1nc(-c2ccccc2)cc(=O)[nH]1. The van der Waals surface area contributed by atoms with Gasteiger partial charge >= 0.3 is 0 Å². The molecule has 3 nitrogen and oxygen atoms in total. The second-order valence-corrected chi connectivity index (χ2v) is 5.05. The van der Waals surface area contributed by atoms with Crippen molar-refractivity contribution in [1.29, 1.82) is 0 Å². The van der Waals surface area contributed by atoms with Crippen molar-refractivity contribution in [2.45, 2.75) is 13.3 Å². The van der Waals surface area contributed by atoms with Gasteiger partial charge in [0.2, 0.25) is 0 Å². The lowest BCUT2D eigenvalue weighted by Crippen LogP contribution is -2.11. The monoisotopic (exact) mass is 276 g/mol. The molecule has 0 aliphatic heterocycles. The summed E-state index contributed by atoms with van der Waals surface area (Å²) in [4.78, 5) is 19.3. The minimum absolute atomic E-state index is 0.118. The van der Waals surface area contributed by atoms with Crippen molar-refractivity contribution in [2.75, 3.05) is 0 Å². The summed E-state index contributed by atoms with van der Waals surface area (Å²) < 4.78 is 0. The molecule has 3 rings (SSSR count). The molecule has 0 radical (unpaired) electrons. The van der Waals surface area contributed by atoms with E-state index in [0.717, 1.165) is 5.56 Å². The molecule has 1 aromatic heterocycles. The molecule has 104 valence electrons. The van der Waals surface area contributed by atoms with Crippen molar-refractivity contribution in [3.8, 4) is 11.3 Å². The van der Waals surface area contributed by atoms with Crippen LogP contribution in [0.4, 0.5) is 0 Å². The number of nitrogens with one attached hydrogen (secondary N) is 1. The molecular weight excluding hydrogens is 260 g/mol. The summed E-state index contributed by atoms with van der Waals surface area (Å²) in [6.07, 6.45) is 0.628. The Balaban J connectivity index is 1.99. The zero-order valence-electron chi connectivity index (χ0n) is 11.8. The maximum absolute atomic E-state index is 11.9. The van der Waals surface area contributed by atoms with E-state index in [9.17, 15) is 4.79 Å². The van der Waals surface area contributed by atoms with E-state index in [4.69, 9.17) is 0 Å². The van der Waals surface area contributed by atoms with Gasteiger partial charge < -0.3 is 4.98 Å². The molecular formula is C18H16N2O. The van der Waals surface area contributed by atoms with Crippen molar-refractivity contribution in [2.24, 2.45) is 0 Å². The molecule has 0 amide bonds. The largest absolute Gasteiger partial charge is 0.310 e. The van der Waals surface area contributed by atoms with Gasteiger partial charge in [-0.1, -0.05) is 54.6 Å². The average molecular weight is 276 g/mol. The number of aromatic nitrogens is 2. The van der Waals surface area contributed by atoms with Gasteiger partial charge in [0.1, 0.15) is 5.82 Å². The van der Waals surface area contributed by atoms with E-state index in [1.54, 1.807) is 0 Å². The number of H-pyrrole nitrogens is 1. The second-order valence-electron chi connectivity index (χ2n) is 5.05. The fourth-order valence-electron chi connectivity index (χ4n) is 2.34. The summed E-state index contributed by atoms with van der Waals surface area (Å²) in [5.41, 5.74) is 3.92. The van der Waals surface area contributed by atoms with E-state index in [1.807, 2.05) is 42.5 Å². The van der Waals surface area contributed by atoms with Gasteiger partial charge in [-0.3, -0.25) is 4.79 Å². The van der Waals surface area contributed by atoms with Crippen LogP contribution in [0.5, 0.6) is 0 Å². The van der Waals surface area contributed by atoms with Crippen LogP contribution in [-0.4, -0.2) is 9.97 Å². The first-order chi connectivity index (χ1) is 10.2. The van der Waals surface area contributed by atoms with Crippen molar-refractivity contribution in [3.05, 3.63) is 88.0 Å². The number of hydrogen-bond acceptors (Lipinski definition) is 2. The Morgan fingerprint density at radius 1 is 1.00 bits per heavy atom. The topological polar surface area (TPSA) is 45.8 Å². The lowest BCUT2D eigenvalue weighted by Gasteiger charge is -2.07. The fourth-order valence-corrected chi connectivity index (χ4v) is 2.34. The summed E-state index contributed by atoms with van der Waals surface area (Å²) in [5, 5.41) is 0. The van der Waals surface area contributed by atoms with Gasteiger partial charge in [0.25, 0.3) is 5.56 Å². The van der Waals surface area contributed by atoms with Gasteiger partial charge in [-0.2, -0.15) is 0 Å². The first-order valence-corrected chi connectivity index (χ1v) is 6.92. The van der Waals surface area contributed by atoms with Gasteiger partial charge in [-0.25, -0.2) is 4.98 Å². The van der Waals surface area contributed by atoms with Gasteiger partial charge in [0.15, 0.2) is 0 Å². The van der Waals surface area contributed by atoms with Crippen LogP contribution >= 0.6 is 0 Å². The van der Waals surface area contributed by atoms with Crippen LogP contribution < -0.4 is 5.56 Å². The first-order valence-electron chi connectivity index (χ1n) is 6.92. The third-order valence-electron chi connectivity index (χ3n) is 3.48. The van der Waals surface area contributed by atoms with Crippen LogP contribution in [0.1, 0.15) is 17.0 Å². The molecule has 1 N–H and O–H groups in total.